The van der Waals surface area contributed by atoms with Crippen LogP contribution in [-0.2, 0) is 9.53 Å². The molecule has 0 aromatic carbocycles. The number of hydrogen-bond acceptors (Lipinski definition) is 3. The molecule has 0 radical (unpaired) electrons. The van der Waals surface area contributed by atoms with Crippen molar-refractivity contribution in [2.75, 3.05) is 13.2 Å². The third-order valence-electron chi connectivity index (χ3n) is 3.05. The van der Waals surface area contributed by atoms with Crippen LogP contribution < -0.4 is 10.6 Å². The third kappa shape index (κ3) is 4.60. The predicted molar refractivity (Wildman–Crippen MR) is 61.8 cm³/mol. The van der Waals surface area contributed by atoms with Crippen LogP contribution in [0.5, 0.6) is 0 Å². The molecule has 0 saturated carbocycles. The van der Waals surface area contributed by atoms with Gasteiger partial charge in [0.1, 0.15) is 6.04 Å². The van der Waals surface area contributed by atoms with E-state index in [-0.39, 0.29) is 6.04 Å². The number of urea groups is 1. The van der Waals surface area contributed by atoms with Gasteiger partial charge in [0.2, 0.25) is 0 Å². The van der Waals surface area contributed by atoms with Gasteiger partial charge in [-0.2, -0.15) is 0 Å². The van der Waals surface area contributed by atoms with Crippen molar-refractivity contribution >= 4 is 12.0 Å². The fourth-order valence-corrected chi connectivity index (χ4v) is 1.84. The zero-order chi connectivity index (χ0) is 12.8. The van der Waals surface area contributed by atoms with E-state index in [0.717, 1.165) is 26.1 Å². The molecular formula is C11H20N2O4. The molecule has 0 aliphatic carbocycles. The lowest BCUT2D eigenvalue weighted by Gasteiger charge is -2.28. The molecule has 1 saturated heterocycles. The molecule has 1 aliphatic rings. The number of carbonyl (C=O) groups is 2. The van der Waals surface area contributed by atoms with Crippen molar-refractivity contribution in [3.63, 3.8) is 0 Å². The number of carbonyl (C=O) groups excluding carboxylic acids is 1. The van der Waals surface area contributed by atoms with E-state index in [0.29, 0.717) is 5.92 Å². The van der Waals surface area contributed by atoms with E-state index in [1.54, 1.807) is 0 Å². The van der Waals surface area contributed by atoms with E-state index in [4.69, 9.17) is 9.84 Å². The summed E-state index contributed by atoms with van der Waals surface area (Å²) >= 11 is 0. The number of carboxylic acid groups (broad SMARTS) is 1. The van der Waals surface area contributed by atoms with Gasteiger partial charge in [-0.3, -0.25) is 4.79 Å². The lowest BCUT2D eigenvalue weighted by molar-refractivity contribution is -0.138. The van der Waals surface area contributed by atoms with Gasteiger partial charge < -0.3 is 20.5 Å². The van der Waals surface area contributed by atoms with Gasteiger partial charge in [0, 0.05) is 19.3 Å². The van der Waals surface area contributed by atoms with Crippen LogP contribution in [0.15, 0.2) is 0 Å². The first-order valence-electron chi connectivity index (χ1n) is 5.88. The summed E-state index contributed by atoms with van der Waals surface area (Å²) in [4.78, 5) is 22.1. The van der Waals surface area contributed by atoms with Gasteiger partial charge in [0.15, 0.2) is 0 Å². The van der Waals surface area contributed by atoms with Crippen molar-refractivity contribution in [3.8, 4) is 0 Å². The molecule has 2 amide bonds. The number of hydrogen-bond donors (Lipinski definition) is 3. The maximum Gasteiger partial charge on any atom is 0.325 e. The molecule has 0 bridgehead atoms. The molecule has 1 aliphatic heterocycles. The van der Waals surface area contributed by atoms with Crippen LogP contribution in [0.4, 0.5) is 4.79 Å². The summed E-state index contributed by atoms with van der Waals surface area (Å²) in [6.07, 6.45) is 1.85. The number of ether oxygens (including phenoxy) is 1. The average Bonchev–Trinajstić information content (AvgIpc) is 2.29. The van der Waals surface area contributed by atoms with Crippen LogP contribution in [0.2, 0.25) is 0 Å². The second-order valence-electron chi connectivity index (χ2n) is 4.42. The van der Waals surface area contributed by atoms with Gasteiger partial charge in [0.05, 0.1) is 0 Å². The first-order valence-corrected chi connectivity index (χ1v) is 5.88. The quantitative estimate of drug-likeness (QED) is 0.674. The highest BCUT2D eigenvalue weighted by Gasteiger charge is 2.22. The van der Waals surface area contributed by atoms with Crippen molar-refractivity contribution in [1.82, 2.24) is 10.6 Å². The summed E-state index contributed by atoms with van der Waals surface area (Å²) in [7, 11) is 0. The molecule has 0 spiro atoms. The summed E-state index contributed by atoms with van der Waals surface area (Å²) in [6, 6.07) is -1.28. The number of carboxylic acids is 1. The molecule has 0 aromatic heterocycles. The molecule has 6 heteroatoms. The Bertz CT molecular complexity index is 277. The number of amides is 2. The molecule has 1 unspecified atom stereocenters. The van der Waals surface area contributed by atoms with E-state index in [9.17, 15) is 9.59 Å². The zero-order valence-corrected chi connectivity index (χ0v) is 10.2. The Morgan fingerprint density at radius 1 is 1.24 bits per heavy atom. The van der Waals surface area contributed by atoms with Crippen LogP contribution in [0.3, 0.4) is 0 Å². The second kappa shape index (κ2) is 6.44. The maximum absolute atomic E-state index is 11.5. The van der Waals surface area contributed by atoms with Crippen molar-refractivity contribution in [2.24, 2.45) is 5.92 Å². The number of aliphatic carboxylic acids is 1. The van der Waals surface area contributed by atoms with Crippen molar-refractivity contribution < 1.29 is 19.4 Å². The number of rotatable bonds is 4. The summed E-state index contributed by atoms with van der Waals surface area (Å²) in [6.45, 7) is 4.82. The highest BCUT2D eigenvalue weighted by molar-refractivity contribution is 5.82. The van der Waals surface area contributed by atoms with Crippen LogP contribution in [0.1, 0.15) is 26.7 Å². The van der Waals surface area contributed by atoms with Crippen LogP contribution in [0, 0.1) is 5.92 Å². The summed E-state index contributed by atoms with van der Waals surface area (Å²) in [5.41, 5.74) is 0. The van der Waals surface area contributed by atoms with Crippen LogP contribution in [-0.4, -0.2) is 42.4 Å². The summed E-state index contributed by atoms with van der Waals surface area (Å²) in [5.74, 6) is -0.645. The first kappa shape index (κ1) is 13.8. The summed E-state index contributed by atoms with van der Waals surface area (Å²) < 4.78 is 5.24. The van der Waals surface area contributed by atoms with Gasteiger partial charge in [-0.1, -0.05) is 0 Å². The van der Waals surface area contributed by atoms with Crippen LogP contribution in [0.25, 0.3) is 0 Å². The molecule has 1 fully saturated rings. The highest BCUT2D eigenvalue weighted by atomic mass is 16.5. The molecule has 1 rings (SSSR count). The van der Waals surface area contributed by atoms with E-state index in [2.05, 4.69) is 10.6 Å². The van der Waals surface area contributed by atoms with Gasteiger partial charge in [0.25, 0.3) is 0 Å². The average molecular weight is 244 g/mol. The smallest absolute Gasteiger partial charge is 0.325 e. The monoisotopic (exact) mass is 244 g/mol. The fraction of sp³-hybridized carbons (Fsp3) is 0.818. The second-order valence-corrected chi connectivity index (χ2v) is 4.42. The first-order chi connectivity index (χ1) is 8.00. The molecule has 2 atom stereocenters. The standard InChI is InChI=1S/C11H20N2O4/c1-7(9-3-5-17-6-4-9)12-11(16)13-8(2)10(14)15/h7-9H,3-6H2,1-2H3,(H,14,15)(H2,12,13,16)/t7?,8-/m1/s1. The van der Waals surface area contributed by atoms with E-state index >= 15 is 0 Å². The zero-order valence-electron chi connectivity index (χ0n) is 10.2. The largest absolute Gasteiger partial charge is 0.480 e. The van der Waals surface area contributed by atoms with Gasteiger partial charge in [-0.05, 0) is 32.6 Å². The molecule has 1 heterocycles. The Labute approximate surface area is 101 Å². The molecule has 6 nitrogen and oxygen atoms in total. The Hall–Kier alpha value is -1.30. The van der Waals surface area contributed by atoms with Crippen molar-refractivity contribution in [3.05, 3.63) is 0 Å². The Morgan fingerprint density at radius 2 is 1.82 bits per heavy atom. The highest BCUT2D eigenvalue weighted by Crippen LogP contribution is 2.18. The Morgan fingerprint density at radius 3 is 2.35 bits per heavy atom. The van der Waals surface area contributed by atoms with Crippen molar-refractivity contribution in [2.45, 2.75) is 38.8 Å². The molecule has 0 aromatic rings. The lowest BCUT2D eigenvalue weighted by Crippen LogP contribution is -2.49. The van der Waals surface area contributed by atoms with Crippen LogP contribution >= 0.6 is 0 Å². The maximum atomic E-state index is 11.5. The van der Waals surface area contributed by atoms with E-state index < -0.39 is 18.0 Å². The van der Waals surface area contributed by atoms with Gasteiger partial charge in [-0.15, -0.1) is 0 Å². The normalized spacial score (nSPS) is 20.4. The Balaban J connectivity index is 2.31. The topological polar surface area (TPSA) is 87.7 Å². The molecular weight excluding hydrogens is 224 g/mol. The molecule has 17 heavy (non-hydrogen) atoms. The van der Waals surface area contributed by atoms with Crippen molar-refractivity contribution in [1.29, 1.82) is 0 Å². The Kier molecular flexibility index (Phi) is 5.21. The predicted octanol–water partition coefficient (Wildman–Crippen LogP) is 0.574. The minimum absolute atomic E-state index is 0.0277. The fourth-order valence-electron chi connectivity index (χ4n) is 1.84. The molecule has 98 valence electrons. The lowest BCUT2D eigenvalue weighted by atomic mass is 9.93. The number of nitrogens with one attached hydrogen (secondary N) is 2. The minimum atomic E-state index is -1.04. The minimum Gasteiger partial charge on any atom is -0.480 e. The van der Waals surface area contributed by atoms with E-state index in [1.807, 2.05) is 6.92 Å². The SMILES string of the molecule is CC(NC(=O)N[C@H](C)C(=O)O)C1CCOCC1. The third-order valence-corrected chi connectivity index (χ3v) is 3.05. The summed E-state index contributed by atoms with van der Waals surface area (Å²) in [5, 5.41) is 13.8. The molecule has 3 N–H and O–H groups in total. The van der Waals surface area contributed by atoms with Gasteiger partial charge >= 0.3 is 12.0 Å². The van der Waals surface area contributed by atoms with E-state index in [1.165, 1.54) is 6.92 Å². The van der Waals surface area contributed by atoms with Gasteiger partial charge in [-0.25, -0.2) is 4.79 Å².